The second-order valence-electron chi connectivity index (χ2n) is 13.3. The Morgan fingerprint density at radius 1 is 0.878 bits per heavy atom. The number of carbonyl (C=O) groups excluding carboxylic acids is 5. The van der Waals surface area contributed by atoms with E-state index in [-0.39, 0.29) is 37.0 Å². The number of carboxylic acids is 1. The minimum absolute atomic E-state index is 0.0132. The molecule has 2 fully saturated rings. The summed E-state index contributed by atoms with van der Waals surface area (Å²) in [5, 5.41) is 18.0. The van der Waals surface area contributed by atoms with E-state index in [1.807, 2.05) is 19.9 Å². The molecule has 266 valence electrons. The van der Waals surface area contributed by atoms with E-state index in [0.29, 0.717) is 44.5 Å². The molecule has 0 bridgehead atoms. The highest BCUT2D eigenvalue weighted by molar-refractivity contribution is 5.96. The summed E-state index contributed by atoms with van der Waals surface area (Å²) in [7, 11) is 0. The van der Waals surface area contributed by atoms with Crippen molar-refractivity contribution >= 4 is 35.5 Å². The number of benzene rings is 1. The molecule has 15 nitrogen and oxygen atoms in total. The zero-order chi connectivity index (χ0) is 35.7. The molecule has 2 saturated heterocycles. The van der Waals surface area contributed by atoms with Crippen LogP contribution in [0, 0.1) is 5.92 Å². The minimum Gasteiger partial charge on any atom is -0.480 e. The number of amides is 5. The van der Waals surface area contributed by atoms with Gasteiger partial charge in [0.1, 0.15) is 30.2 Å². The largest absolute Gasteiger partial charge is 0.480 e. The summed E-state index contributed by atoms with van der Waals surface area (Å²) in [4.78, 5) is 89.4. The maximum atomic E-state index is 13.8. The van der Waals surface area contributed by atoms with Gasteiger partial charge in [-0.1, -0.05) is 44.2 Å². The lowest BCUT2D eigenvalue weighted by atomic mass is 10.0. The van der Waals surface area contributed by atoms with Gasteiger partial charge < -0.3 is 41.6 Å². The molecular formula is C34H48N8O7. The Morgan fingerprint density at radius 3 is 2.12 bits per heavy atom. The van der Waals surface area contributed by atoms with Gasteiger partial charge in [-0.2, -0.15) is 0 Å². The molecule has 0 spiro atoms. The first-order chi connectivity index (χ1) is 23.3. The molecule has 0 radical (unpaired) electrons. The minimum atomic E-state index is -1.23. The van der Waals surface area contributed by atoms with Crippen molar-refractivity contribution in [3.63, 3.8) is 0 Å². The third-order valence-corrected chi connectivity index (χ3v) is 8.90. The van der Waals surface area contributed by atoms with Gasteiger partial charge in [-0.15, -0.1) is 0 Å². The average molecular weight is 681 g/mol. The number of aliphatic carboxylic acids is 1. The molecule has 5 amide bonds. The molecule has 4 rings (SSSR count). The maximum absolute atomic E-state index is 13.8. The molecule has 0 unspecified atom stereocenters. The summed E-state index contributed by atoms with van der Waals surface area (Å²) < 4.78 is 0. The fourth-order valence-electron chi connectivity index (χ4n) is 6.43. The number of aromatic amines is 1. The zero-order valence-electron chi connectivity index (χ0n) is 28.3. The van der Waals surface area contributed by atoms with Gasteiger partial charge in [-0.3, -0.25) is 24.0 Å². The Hall–Kier alpha value is -4.79. The molecule has 3 heterocycles. The third-order valence-electron chi connectivity index (χ3n) is 8.90. The summed E-state index contributed by atoms with van der Waals surface area (Å²) >= 11 is 0. The first-order valence-corrected chi connectivity index (χ1v) is 16.9. The van der Waals surface area contributed by atoms with Crippen molar-refractivity contribution in [2.24, 2.45) is 11.7 Å². The van der Waals surface area contributed by atoms with Crippen molar-refractivity contribution in [3.05, 3.63) is 54.1 Å². The second kappa shape index (κ2) is 17.0. The van der Waals surface area contributed by atoms with Crippen LogP contribution in [-0.4, -0.2) is 110 Å². The van der Waals surface area contributed by atoms with Crippen molar-refractivity contribution in [1.29, 1.82) is 0 Å². The lowest BCUT2D eigenvalue weighted by Crippen LogP contribution is -2.59. The Kier molecular flexibility index (Phi) is 12.9. The van der Waals surface area contributed by atoms with E-state index in [1.165, 1.54) is 22.3 Å². The molecule has 1 aromatic heterocycles. The van der Waals surface area contributed by atoms with Crippen LogP contribution in [-0.2, 0) is 41.6 Å². The molecule has 15 heteroatoms. The van der Waals surface area contributed by atoms with Gasteiger partial charge in [0.25, 0.3) is 0 Å². The number of nitrogens with two attached hydrogens (primary N) is 1. The number of nitrogens with one attached hydrogen (secondary N) is 4. The summed E-state index contributed by atoms with van der Waals surface area (Å²) in [6.45, 7) is 6.05. The number of imidazole rings is 1. The van der Waals surface area contributed by atoms with Gasteiger partial charge in [-0.25, -0.2) is 9.78 Å². The van der Waals surface area contributed by atoms with Crippen LogP contribution in [0.25, 0.3) is 0 Å². The standard InChI is InChI=1S/C34H48N8O7/c1-20(2)15-24(29(43)40-26(34(48)49)16-22-9-5-4-6-10-22)38-30(44)25(17-23-18-36-19-37-23)39-31(45)27-11-7-13-41(27)33(47)28-12-8-14-42(28)32(46)21(3)35/h4-6,9-10,18-21,24-28H,7-8,11-17,35H2,1-3H3,(H,36,37)(H,38,44)(H,39,45)(H,40,43)(H,48,49)/t21-,24-,25-,26-,27-,28-/m0/s1. The predicted octanol–water partition coefficient (Wildman–Crippen LogP) is 0.109. The van der Waals surface area contributed by atoms with Gasteiger partial charge in [0.15, 0.2) is 0 Å². The van der Waals surface area contributed by atoms with E-state index >= 15 is 0 Å². The normalized spacial score (nSPS) is 19.9. The van der Waals surface area contributed by atoms with Gasteiger partial charge in [0, 0.05) is 37.8 Å². The second-order valence-corrected chi connectivity index (χ2v) is 13.3. The van der Waals surface area contributed by atoms with Crippen molar-refractivity contribution in [3.8, 4) is 0 Å². The Morgan fingerprint density at radius 2 is 1.51 bits per heavy atom. The van der Waals surface area contributed by atoms with Crippen LogP contribution in [0.1, 0.15) is 64.1 Å². The first kappa shape index (κ1) is 37.0. The van der Waals surface area contributed by atoms with Crippen LogP contribution in [0.2, 0.25) is 0 Å². The van der Waals surface area contributed by atoms with Crippen LogP contribution >= 0.6 is 0 Å². The van der Waals surface area contributed by atoms with Crippen LogP contribution in [0.4, 0.5) is 0 Å². The van der Waals surface area contributed by atoms with E-state index in [0.717, 1.165) is 5.56 Å². The summed E-state index contributed by atoms with van der Waals surface area (Å²) in [5.41, 5.74) is 7.09. The molecule has 6 atom stereocenters. The molecule has 0 saturated carbocycles. The number of nitrogens with zero attached hydrogens (tertiary/aromatic N) is 3. The number of aromatic nitrogens is 2. The van der Waals surface area contributed by atoms with Gasteiger partial charge in [0.2, 0.25) is 29.5 Å². The number of hydrogen-bond acceptors (Lipinski definition) is 8. The van der Waals surface area contributed by atoms with Gasteiger partial charge >= 0.3 is 5.97 Å². The molecule has 2 aliphatic heterocycles. The predicted molar refractivity (Wildman–Crippen MR) is 178 cm³/mol. The molecule has 2 aliphatic rings. The number of carboxylic acid groups (broad SMARTS) is 1. The number of hydrogen-bond donors (Lipinski definition) is 6. The van der Waals surface area contributed by atoms with Crippen molar-refractivity contribution in [2.45, 2.75) is 102 Å². The Bertz CT molecular complexity index is 1470. The quantitative estimate of drug-likeness (QED) is 0.150. The highest BCUT2D eigenvalue weighted by atomic mass is 16.4. The first-order valence-electron chi connectivity index (χ1n) is 16.9. The topological polar surface area (TPSA) is 220 Å². The lowest BCUT2D eigenvalue weighted by molar-refractivity contribution is -0.147. The number of carbonyl (C=O) groups is 6. The smallest absolute Gasteiger partial charge is 0.326 e. The third kappa shape index (κ3) is 9.87. The lowest BCUT2D eigenvalue weighted by Gasteiger charge is -2.32. The van der Waals surface area contributed by atoms with E-state index in [2.05, 4.69) is 25.9 Å². The number of H-pyrrole nitrogens is 1. The van der Waals surface area contributed by atoms with Crippen molar-refractivity contribution in [2.75, 3.05) is 13.1 Å². The summed E-state index contributed by atoms with van der Waals surface area (Å²) in [6, 6.07) is 3.09. The number of rotatable bonds is 15. The van der Waals surface area contributed by atoms with Crippen LogP contribution in [0.3, 0.4) is 0 Å². The highest BCUT2D eigenvalue weighted by Crippen LogP contribution is 2.25. The van der Waals surface area contributed by atoms with E-state index in [4.69, 9.17) is 5.73 Å². The average Bonchev–Trinajstić information content (AvgIpc) is 3.86. The Balaban J connectivity index is 1.48. The van der Waals surface area contributed by atoms with E-state index in [9.17, 15) is 33.9 Å². The van der Waals surface area contributed by atoms with Gasteiger partial charge in [0.05, 0.1) is 12.4 Å². The fourth-order valence-corrected chi connectivity index (χ4v) is 6.43. The summed E-state index contributed by atoms with van der Waals surface area (Å²) in [5.74, 6) is -3.75. The molecule has 1 aromatic carbocycles. The van der Waals surface area contributed by atoms with Crippen LogP contribution in [0.5, 0.6) is 0 Å². The molecular weight excluding hydrogens is 632 g/mol. The molecule has 0 aliphatic carbocycles. The highest BCUT2D eigenvalue weighted by Gasteiger charge is 2.43. The SMILES string of the molecule is CC(C)C[C@H](NC(=O)[C@H](Cc1cnc[nH]1)NC(=O)[C@@H]1CCCN1C(=O)[C@@H]1CCCN1C(=O)[C@H](C)N)C(=O)N[C@@H](Cc1ccccc1)C(=O)O. The van der Waals surface area contributed by atoms with E-state index < -0.39 is 59.9 Å². The van der Waals surface area contributed by atoms with Crippen LogP contribution < -0.4 is 21.7 Å². The van der Waals surface area contributed by atoms with Crippen molar-refractivity contribution in [1.82, 2.24) is 35.7 Å². The summed E-state index contributed by atoms with van der Waals surface area (Å²) in [6.07, 6.45) is 5.30. The van der Waals surface area contributed by atoms with E-state index in [1.54, 1.807) is 31.2 Å². The van der Waals surface area contributed by atoms with Crippen LogP contribution in [0.15, 0.2) is 42.9 Å². The van der Waals surface area contributed by atoms with Gasteiger partial charge in [-0.05, 0) is 50.5 Å². The number of likely N-dealkylation sites (tertiary alicyclic amines) is 2. The zero-order valence-corrected chi connectivity index (χ0v) is 28.3. The molecule has 49 heavy (non-hydrogen) atoms. The molecule has 7 N–H and O–H groups in total. The fraction of sp³-hybridized carbons (Fsp3) is 0.559. The maximum Gasteiger partial charge on any atom is 0.326 e. The molecule has 2 aromatic rings. The monoisotopic (exact) mass is 680 g/mol. The Labute approximate surface area is 285 Å². The van der Waals surface area contributed by atoms with Crippen molar-refractivity contribution < 1.29 is 33.9 Å².